The highest BCUT2D eigenvalue weighted by Gasteiger charge is 2.10. The Balaban J connectivity index is 2.33. The van der Waals surface area contributed by atoms with E-state index in [9.17, 15) is 4.39 Å². The first-order valence-electron chi connectivity index (χ1n) is 4.53. The van der Waals surface area contributed by atoms with Crippen molar-refractivity contribution in [2.24, 2.45) is 0 Å². The van der Waals surface area contributed by atoms with Gasteiger partial charge in [-0.1, -0.05) is 6.07 Å². The number of ether oxygens (including phenoxy) is 1. The van der Waals surface area contributed by atoms with E-state index in [1.807, 2.05) is 6.07 Å². The minimum atomic E-state index is -0.285. The lowest BCUT2D eigenvalue weighted by molar-refractivity contribution is 0.291. The molecule has 0 fully saturated rings. The van der Waals surface area contributed by atoms with E-state index < -0.39 is 0 Å². The van der Waals surface area contributed by atoms with Gasteiger partial charge in [0.15, 0.2) is 11.6 Å². The maximum atomic E-state index is 13.2. The van der Waals surface area contributed by atoms with Crippen molar-refractivity contribution in [2.45, 2.75) is 12.8 Å². The molecule has 2 rings (SSSR count). The third kappa shape index (κ3) is 1.74. The predicted molar refractivity (Wildman–Crippen MR) is 49.6 cm³/mol. The van der Waals surface area contributed by atoms with Gasteiger partial charge in [0.05, 0.1) is 12.3 Å². The standard InChI is InChI=1S/C10H12FNO/c11-8-4-3-5-9-10(8)13-7-2-1-6-12-9/h3-5,12H,1-2,6-7H2. The predicted octanol–water partition coefficient (Wildman–Crippen LogP) is 2.41. The van der Waals surface area contributed by atoms with E-state index in [4.69, 9.17) is 4.74 Å². The lowest BCUT2D eigenvalue weighted by Crippen LogP contribution is -2.11. The Bertz CT molecular complexity index is 301. The van der Waals surface area contributed by atoms with Crippen molar-refractivity contribution in [1.29, 1.82) is 0 Å². The first kappa shape index (κ1) is 8.35. The van der Waals surface area contributed by atoms with Crippen molar-refractivity contribution in [2.75, 3.05) is 18.5 Å². The van der Waals surface area contributed by atoms with E-state index in [0.717, 1.165) is 25.1 Å². The zero-order valence-electron chi connectivity index (χ0n) is 7.35. The quantitative estimate of drug-likeness (QED) is 0.663. The number of rotatable bonds is 0. The molecule has 1 aromatic rings. The first-order chi connectivity index (χ1) is 6.38. The van der Waals surface area contributed by atoms with Gasteiger partial charge in [0.25, 0.3) is 0 Å². The van der Waals surface area contributed by atoms with E-state index in [-0.39, 0.29) is 5.82 Å². The Morgan fingerprint density at radius 2 is 2.23 bits per heavy atom. The van der Waals surface area contributed by atoms with Crippen LogP contribution in [0, 0.1) is 5.82 Å². The molecule has 0 atom stereocenters. The highest BCUT2D eigenvalue weighted by atomic mass is 19.1. The Kier molecular flexibility index (Phi) is 2.34. The van der Waals surface area contributed by atoms with Crippen LogP contribution >= 0.6 is 0 Å². The summed E-state index contributed by atoms with van der Waals surface area (Å²) in [4.78, 5) is 0. The normalized spacial score (nSPS) is 16.1. The van der Waals surface area contributed by atoms with E-state index in [0.29, 0.717) is 12.4 Å². The number of hydrogen-bond donors (Lipinski definition) is 1. The average molecular weight is 181 g/mol. The summed E-state index contributed by atoms with van der Waals surface area (Å²) in [6.07, 6.45) is 2.04. The van der Waals surface area contributed by atoms with E-state index in [1.54, 1.807) is 6.07 Å². The zero-order chi connectivity index (χ0) is 9.10. The summed E-state index contributed by atoms with van der Waals surface area (Å²) >= 11 is 0. The second kappa shape index (κ2) is 3.64. The number of para-hydroxylation sites is 1. The van der Waals surface area contributed by atoms with Crippen molar-refractivity contribution in [3.05, 3.63) is 24.0 Å². The number of halogens is 1. The van der Waals surface area contributed by atoms with Gasteiger partial charge in [-0.3, -0.25) is 0 Å². The van der Waals surface area contributed by atoms with E-state index >= 15 is 0 Å². The molecule has 0 amide bonds. The van der Waals surface area contributed by atoms with Gasteiger partial charge in [0.2, 0.25) is 0 Å². The summed E-state index contributed by atoms with van der Waals surface area (Å²) < 4.78 is 18.5. The highest BCUT2D eigenvalue weighted by molar-refractivity contribution is 5.57. The lowest BCUT2D eigenvalue weighted by Gasteiger charge is -2.16. The Morgan fingerprint density at radius 3 is 3.15 bits per heavy atom. The van der Waals surface area contributed by atoms with Crippen LogP contribution in [0.1, 0.15) is 12.8 Å². The fraction of sp³-hybridized carbons (Fsp3) is 0.400. The maximum absolute atomic E-state index is 13.2. The molecular weight excluding hydrogens is 169 g/mol. The van der Waals surface area contributed by atoms with Gasteiger partial charge in [-0.05, 0) is 25.0 Å². The van der Waals surface area contributed by atoms with Gasteiger partial charge in [-0.2, -0.15) is 0 Å². The fourth-order valence-electron chi connectivity index (χ4n) is 1.42. The van der Waals surface area contributed by atoms with Crippen LogP contribution in [0.4, 0.5) is 10.1 Å². The van der Waals surface area contributed by atoms with Gasteiger partial charge >= 0.3 is 0 Å². The van der Waals surface area contributed by atoms with Crippen molar-refractivity contribution in [3.63, 3.8) is 0 Å². The minimum Gasteiger partial charge on any atom is -0.488 e. The van der Waals surface area contributed by atoms with Crippen molar-refractivity contribution in [3.8, 4) is 5.75 Å². The van der Waals surface area contributed by atoms with Crippen LogP contribution in [-0.2, 0) is 0 Å². The third-order valence-corrected chi connectivity index (χ3v) is 2.10. The third-order valence-electron chi connectivity index (χ3n) is 2.10. The van der Waals surface area contributed by atoms with Crippen molar-refractivity contribution in [1.82, 2.24) is 0 Å². The molecule has 0 saturated carbocycles. The average Bonchev–Trinajstić information content (AvgIpc) is 2.07. The molecule has 13 heavy (non-hydrogen) atoms. The Labute approximate surface area is 76.7 Å². The van der Waals surface area contributed by atoms with Crippen LogP contribution in [-0.4, -0.2) is 13.2 Å². The Hall–Kier alpha value is -1.25. The summed E-state index contributed by atoms with van der Waals surface area (Å²) in [6.45, 7) is 1.50. The molecule has 0 spiro atoms. The fourth-order valence-corrected chi connectivity index (χ4v) is 1.42. The molecule has 2 nitrogen and oxygen atoms in total. The summed E-state index contributed by atoms with van der Waals surface area (Å²) in [5.41, 5.74) is 0.764. The number of nitrogens with one attached hydrogen (secondary N) is 1. The topological polar surface area (TPSA) is 21.3 Å². The summed E-state index contributed by atoms with van der Waals surface area (Å²) in [5, 5.41) is 3.14. The largest absolute Gasteiger partial charge is 0.488 e. The summed E-state index contributed by atoms with van der Waals surface area (Å²) in [5.74, 6) is 0.0779. The molecule has 70 valence electrons. The molecule has 0 unspecified atom stereocenters. The smallest absolute Gasteiger partial charge is 0.177 e. The van der Waals surface area contributed by atoms with Crippen molar-refractivity contribution < 1.29 is 9.13 Å². The molecule has 0 aliphatic carbocycles. The summed E-state index contributed by atoms with van der Waals surface area (Å²) in [7, 11) is 0. The molecule has 0 radical (unpaired) electrons. The zero-order valence-corrected chi connectivity index (χ0v) is 7.35. The van der Waals surface area contributed by atoms with Gasteiger partial charge in [-0.25, -0.2) is 4.39 Å². The van der Waals surface area contributed by atoms with Gasteiger partial charge < -0.3 is 10.1 Å². The van der Waals surface area contributed by atoms with Crippen LogP contribution < -0.4 is 10.1 Å². The second-order valence-electron chi connectivity index (χ2n) is 3.10. The summed E-state index contributed by atoms with van der Waals surface area (Å²) in [6, 6.07) is 4.94. The molecule has 1 N–H and O–H groups in total. The van der Waals surface area contributed by atoms with Crippen LogP contribution in [0.15, 0.2) is 18.2 Å². The molecule has 1 aromatic carbocycles. The molecule has 0 aromatic heterocycles. The van der Waals surface area contributed by atoms with Crippen LogP contribution in [0.25, 0.3) is 0 Å². The van der Waals surface area contributed by atoms with Crippen LogP contribution in [0.5, 0.6) is 5.75 Å². The SMILES string of the molecule is Fc1cccc2c1OCCCCN2. The Morgan fingerprint density at radius 1 is 1.31 bits per heavy atom. The second-order valence-corrected chi connectivity index (χ2v) is 3.10. The van der Waals surface area contributed by atoms with Gasteiger partial charge in [0.1, 0.15) is 0 Å². The number of fused-ring (bicyclic) bond motifs is 1. The van der Waals surface area contributed by atoms with Crippen LogP contribution in [0.2, 0.25) is 0 Å². The molecule has 1 aliphatic rings. The van der Waals surface area contributed by atoms with Gasteiger partial charge in [-0.15, -0.1) is 0 Å². The van der Waals surface area contributed by atoms with Crippen molar-refractivity contribution >= 4 is 5.69 Å². The number of hydrogen-bond acceptors (Lipinski definition) is 2. The van der Waals surface area contributed by atoms with Crippen LogP contribution in [0.3, 0.4) is 0 Å². The minimum absolute atomic E-state index is 0.285. The molecule has 1 aliphatic heterocycles. The molecular formula is C10H12FNO. The maximum Gasteiger partial charge on any atom is 0.177 e. The first-order valence-corrected chi connectivity index (χ1v) is 4.53. The van der Waals surface area contributed by atoms with E-state index in [2.05, 4.69) is 5.32 Å². The molecule has 0 saturated heterocycles. The number of anilines is 1. The molecule has 3 heteroatoms. The monoisotopic (exact) mass is 181 g/mol. The van der Waals surface area contributed by atoms with Gasteiger partial charge in [0, 0.05) is 6.54 Å². The van der Waals surface area contributed by atoms with E-state index in [1.165, 1.54) is 6.07 Å². The number of benzene rings is 1. The lowest BCUT2D eigenvalue weighted by atomic mass is 10.2. The highest BCUT2D eigenvalue weighted by Crippen LogP contribution is 2.28. The molecule has 0 bridgehead atoms. The molecule has 1 heterocycles.